The van der Waals surface area contributed by atoms with Crippen LogP contribution >= 0.6 is 0 Å². The van der Waals surface area contributed by atoms with Crippen LogP contribution in [0.4, 0.5) is 5.69 Å². The lowest BCUT2D eigenvalue weighted by molar-refractivity contribution is 0.0822. The van der Waals surface area contributed by atoms with E-state index >= 15 is 0 Å². The van der Waals surface area contributed by atoms with Gasteiger partial charge in [-0.25, -0.2) is 0 Å². The van der Waals surface area contributed by atoms with Gasteiger partial charge in [-0.1, -0.05) is 6.92 Å². The normalized spacial score (nSPS) is 18.6. The summed E-state index contributed by atoms with van der Waals surface area (Å²) in [5, 5.41) is 3.43. The molecule has 0 saturated carbocycles. The van der Waals surface area contributed by atoms with Gasteiger partial charge in [0.05, 0.1) is 0 Å². The van der Waals surface area contributed by atoms with E-state index in [4.69, 9.17) is 0 Å². The summed E-state index contributed by atoms with van der Waals surface area (Å²) >= 11 is 0. The molecule has 116 valence electrons. The maximum absolute atomic E-state index is 12.0. The zero-order valence-electron chi connectivity index (χ0n) is 13.3. The molecular formula is C16H26N4O. The monoisotopic (exact) mass is 290 g/mol. The van der Waals surface area contributed by atoms with Crippen LogP contribution in [0.5, 0.6) is 0 Å². The van der Waals surface area contributed by atoms with Crippen LogP contribution in [-0.2, 0) is 0 Å². The number of nitrogens with zero attached hydrogens (tertiary/aromatic N) is 3. The lowest BCUT2D eigenvalue weighted by Crippen LogP contribution is -2.39. The first-order chi connectivity index (χ1) is 10.1. The van der Waals surface area contributed by atoms with Gasteiger partial charge in [-0.2, -0.15) is 0 Å². The number of rotatable bonds is 5. The zero-order valence-corrected chi connectivity index (χ0v) is 13.3. The van der Waals surface area contributed by atoms with Crippen LogP contribution in [0.15, 0.2) is 18.3 Å². The molecule has 1 N–H and O–H groups in total. The van der Waals surface area contributed by atoms with Crippen LogP contribution < -0.4 is 10.2 Å². The zero-order chi connectivity index (χ0) is 15.2. The highest BCUT2D eigenvalue weighted by Gasteiger charge is 2.21. The molecule has 0 radical (unpaired) electrons. The highest BCUT2D eigenvalue weighted by Crippen LogP contribution is 2.23. The Morgan fingerprint density at radius 1 is 1.52 bits per heavy atom. The second-order valence-corrected chi connectivity index (χ2v) is 5.86. The van der Waals surface area contributed by atoms with E-state index in [0.717, 1.165) is 31.9 Å². The van der Waals surface area contributed by atoms with Gasteiger partial charge in [0, 0.05) is 39.1 Å². The highest BCUT2D eigenvalue weighted by molar-refractivity contribution is 5.92. The molecule has 0 spiro atoms. The Hall–Kier alpha value is -1.62. The van der Waals surface area contributed by atoms with E-state index in [2.05, 4.69) is 22.1 Å². The minimum Gasteiger partial charge on any atom is -0.371 e. The van der Waals surface area contributed by atoms with Crippen LogP contribution in [0.25, 0.3) is 0 Å². The second-order valence-electron chi connectivity index (χ2n) is 5.86. The SMILES string of the molecule is CCNCC1CCCN(c2ccnc(C(=O)N(C)C)c2)C1. The van der Waals surface area contributed by atoms with Crippen molar-refractivity contribution in [1.29, 1.82) is 0 Å². The number of pyridine rings is 1. The molecule has 1 saturated heterocycles. The number of nitrogens with one attached hydrogen (secondary N) is 1. The van der Waals surface area contributed by atoms with Crippen LogP contribution in [0.1, 0.15) is 30.3 Å². The summed E-state index contributed by atoms with van der Waals surface area (Å²) in [6.07, 6.45) is 4.22. The maximum Gasteiger partial charge on any atom is 0.272 e. The fourth-order valence-electron chi connectivity index (χ4n) is 2.78. The van der Waals surface area contributed by atoms with E-state index in [-0.39, 0.29) is 5.91 Å². The van der Waals surface area contributed by atoms with Gasteiger partial charge >= 0.3 is 0 Å². The molecule has 1 unspecified atom stereocenters. The molecule has 0 bridgehead atoms. The first-order valence-corrected chi connectivity index (χ1v) is 7.75. The van der Waals surface area contributed by atoms with Gasteiger partial charge in [-0.05, 0) is 44.0 Å². The standard InChI is InChI=1S/C16H26N4O/c1-4-17-11-13-6-5-9-20(12-13)14-7-8-18-15(10-14)16(21)19(2)3/h7-8,10,13,17H,4-6,9,11-12H2,1-3H3. The average molecular weight is 290 g/mol. The Balaban J connectivity index is 2.07. The van der Waals surface area contributed by atoms with Crippen molar-refractivity contribution in [3.63, 3.8) is 0 Å². The number of amides is 1. The largest absolute Gasteiger partial charge is 0.371 e. The molecule has 1 aliphatic rings. The van der Waals surface area contributed by atoms with Crippen molar-refractivity contribution < 1.29 is 4.79 Å². The smallest absolute Gasteiger partial charge is 0.272 e. The summed E-state index contributed by atoms with van der Waals surface area (Å²) in [6.45, 7) is 6.34. The fraction of sp³-hybridized carbons (Fsp3) is 0.625. The molecule has 2 rings (SSSR count). The first-order valence-electron chi connectivity index (χ1n) is 7.75. The van der Waals surface area contributed by atoms with Crippen molar-refractivity contribution in [1.82, 2.24) is 15.2 Å². The summed E-state index contributed by atoms with van der Waals surface area (Å²) in [4.78, 5) is 20.2. The van der Waals surface area contributed by atoms with Crippen LogP contribution in [0.2, 0.25) is 0 Å². The third-order valence-electron chi connectivity index (χ3n) is 3.94. The van der Waals surface area contributed by atoms with Gasteiger partial charge in [0.2, 0.25) is 0 Å². The first kappa shape index (κ1) is 15.8. The van der Waals surface area contributed by atoms with Gasteiger partial charge in [0.1, 0.15) is 5.69 Å². The Morgan fingerprint density at radius 2 is 2.33 bits per heavy atom. The molecule has 1 fully saturated rings. The van der Waals surface area contributed by atoms with Gasteiger partial charge in [0.25, 0.3) is 5.91 Å². The third-order valence-corrected chi connectivity index (χ3v) is 3.94. The Labute approximate surface area is 127 Å². The third kappa shape index (κ3) is 4.17. The summed E-state index contributed by atoms with van der Waals surface area (Å²) in [7, 11) is 3.51. The number of carbonyl (C=O) groups excluding carboxylic acids is 1. The summed E-state index contributed by atoms with van der Waals surface area (Å²) in [6, 6.07) is 3.92. The molecule has 0 aromatic carbocycles. The molecule has 2 heterocycles. The second kappa shape index (κ2) is 7.41. The molecule has 1 aromatic heterocycles. The quantitative estimate of drug-likeness (QED) is 0.895. The molecule has 1 aromatic rings. The van der Waals surface area contributed by atoms with Crippen molar-refractivity contribution in [2.75, 3.05) is 45.2 Å². The number of carbonyl (C=O) groups is 1. The molecule has 21 heavy (non-hydrogen) atoms. The Bertz CT molecular complexity index is 475. The minimum absolute atomic E-state index is 0.0435. The molecule has 5 nitrogen and oxygen atoms in total. The maximum atomic E-state index is 12.0. The molecule has 0 aliphatic carbocycles. The van der Waals surface area contributed by atoms with E-state index < -0.39 is 0 Å². The van der Waals surface area contributed by atoms with Crippen molar-refractivity contribution >= 4 is 11.6 Å². The van der Waals surface area contributed by atoms with Crippen molar-refractivity contribution in [3.8, 4) is 0 Å². The van der Waals surface area contributed by atoms with Gasteiger partial charge < -0.3 is 15.1 Å². The van der Waals surface area contributed by atoms with Crippen LogP contribution in [-0.4, -0.2) is 56.1 Å². The van der Waals surface area contributed by atoms with Crippen molar-refractivity contribution in [2.24, 2.45) is 5.92 Å². The van der Waals surface area contributed by atoms with Crippen molar-refractivity contribution in [3.05, 3.63) is 24.0 Å². The molecule has 1 atom stereocenters. The lowest BCUT2D eigenvalue weighted by atomic mass is 9.97. The van der Waals surface area contributed by atoms with Gasteiger partial charge in [-0.15, -0.1) is 0 Å². The highest BCUT2D eigenvalue weighted by atomic mass is 16.2. The number of anilines is 1. The van der Waals surface area contributed by atoms with Crippen molar-refractivity contribution in [2.45, 2.75) is 19.8 Å². The topological polar surface area (TPSA) is 48.5 Å². The fourth-order valence-corrected chi connectivity index (χ4v) is 2.78. The number of piperidine rings is 1. The molecule has 1 amide bonds. The summed E-state index contributed by atoms with van der Waals surface area (Å²) < 4.78 is 0. The lowest BCUT2D eigenvalue weighted by Gasteiger charge is -2.34. The Morgan fingerprint density at radius 3 is 3.05 bits per heavy atom. The van der Waals surface area contributed by atoms with E-state index in [1.54, 1.807) is 25.2 Å². The minimum atomic E-state index is -0.0435. The predicted molar refractivity (Wildman–Crippen MR) is 85.7 cm³/mol. The number of hydrogen-bond acceptors (Lipinski definition) is 4. The van der Waals surface area contributed by atoms with Gasteiger partial charge in [-0.3, -0.25) is 9.78 Å². The van der Waals surface area contributed by atoms with E-state index in [9.17, 15) is 4.79 Å². The van der Waals surface area contributed by atoms with E-state index in [0.29, 0.717) is 11.6 Å². The van der Waals surface area contributed by atoms with Crippen LogP contribution in [0.3, 0.4) is 0 Å². The average Bonchev–Trinajstić information content (AvgIpc) is 2.52. The molecular weight excluding hydrogens is 264 g/mol. The number of aromatic nitrogens is 1. The molecule has 1 aliphatic heterocycles. The van der Waals surface area contributed by atoms with E-state index in [1.165, 1.54) is 12.8 Å². The van der Waals surface area contributed by atoms with Gasteiger partial charge in [0.15, 0.2) is 0 Å². The van der Waals surface area contributed by atoms with E-state index in [1.807, 2.05) is 12.1 Å². The predicted octanol–water partition coefficient (Wildman–Crippen LogP) is 1.61. The Kier molecular flexibility index (Phi) is 5.56. The number of hydrogen-bond donors (Lipinski definition) is 1. The molecule has 5 heteroatoms. The van der Waals surface area contributed by atoms with Crippen LogP contribution in [0, 0.1) is 5.92 Å². The summed E-state index contributed by atoms with van der Waals surface area (Å²) in [5.41, 5.74) is 1.63. The summed E-state index contributed by atoms with van der Waals surface area (Å²) in [5.74, 6) is 0.637.